The van der Waals surface area contributed by atoms with E-state index in [0.29, 0.717) is 6.61 Å². The zero-order valence-electron chi connectivity index (χ0n) is 15.9. The number of likely N-dealkylation sites (tertiary alicyclic amines) is 1. The molecule has 1 aliphatic rings. The quantitative estimate of drug-likeness (QED) is 0.742. The molecular formula is C22H31N3O. The van der Waals surface area contributed by atoms with Crippen molar-refractivity contribution < 1.29 is 4.74 Å². The van der Waals surface area contributed by atoms with Gasteiger partial charge in [-0.15, -0.1) is 0 Å². The molecule has 3 rings (SSSR count). The van der Waals surface area contributed by atoms with Crippen LogP contribution in [0.15, 0.2) is 48.8 Å². The Bertz CT molecular complexity index is 639. The molecule has 0 bridgehead atoms. The van der Waals surface area contributed by atoms with Crippen molar-refractivity contribution in [3.8, 4) is 5.75 Å². The molecule has 4 heteroatoms. The predicted octanol–water partition coefficient (Wildman–Crippen LogP) is 3.87. The van der Waals surface area contributed by atoms with Gasteiger partial charge in [0.25, 0.3) is 0 Å². The summed E-state index contributed by atoms with van der Waals surface area (Å²) in [6.45, 7) is 8.54. The van der Waals surface area contributed by atoms with Crippen molar-refractivity contribution in [1.29, 1.82) is 0 Å². The first-order valence-electron chi connectivity index (χ1n) is 9.88. The average Bonchev–Trinajstić information content (AvgIpc) is 2.70. The van der Waals surface area contributed by atoms with Crippen LogP contribution < -0.4 is 10.1 Å². The van der Waals surface area contributed by atoms with Crippen LogP contribution in [0.25, 0.3) is 0 Å². The molecule has 1 aromatic heterocycles. The zero-order chi connectivity index (χ0) is 18.0. The monoisotopic (exact) mass is 353 g/mol. The highest BCUT2D eigenvalue weighted by atomic mass is 16.5. The molecule has 1 saturated heterocycles. The zero-order valence-corrected chi connectivity index (χ0v) is 15.9. The minimum Gasteiger partial charge on any atom is -0.489 e. The van der Waals surface area contributed by atoms with Crippen LogP contribution in [0.4, 0.5) is 0 Å². The summed E-state index contributed by atoms with van der Waals surface area (Å²) >= 11 is 0. The van der Waals surface area contributed by atoms with Gasteiger partial charge in [-0.25, -0.2) is 0 Å². The Morgan fingerprint density at radius 2 is 2.00 bits per heavy atom. The van der Waals surface area contributed by atoms with E-state index in [2.05, 4.69) is 40.3 Å². The van der Waals surface area contributed by atoms with E-state index in [1.165, 1.54) is 44.5 Å². The molecule has 0 spiro atoms. The van der Waals surface area contributed by atoms with Gasteiger partial charge in [-0.2, -0.15) is 0 Å². The second-order valence-corrected chi connectivity index (χ2v) is 7.17. The normalized spacial score (nSPS) is 15.9. The van der Waals surface area contributed by atoms with Gasteiger partial charge >= 0.3 is 0 Å². The third-order valence-electron chi connectivity index (χ3n) is 5.09. The molecule has 1 aliphatic heterocycles. The number of nitrogens with one attached hydrogen (secondary N) is 1. The highest BCUT2D eigenvalue weighted by Gasteiger charge is 2.18. The number of piperidine rings is 1. The lowest BCUT2D eigenvalue weighted by Crippen LogP contribution is -2.37. The van der Waals surface area contributed by atoms with E-state index in [-0.39, 0.29) is 0 Å². The van der Waals surface area contributed by atoms with Gasteiger partial charge < -0.3 is 15.0 Å². The Kier molecular flexibility index (Phi) is 7.47. The second-order valence-electron chi connectivity index (χ2n) is 7.17. The second kappa shape index (κ2) is 10.3. The van der Waals surface area contributed by atoms with Crippen LogP contribution in [0.2, 0.25) is 0 Å². The van der Waals surface area contributed by atoms with Crippen LogP contribution in [0.1, 0.15) is 37.3 Å². The molecule has 1 fully saturated rings. The van der Waals surface area contributed by atoms with Gasteiger partial charge in [-0.1, -0.05) is 31.2 Å². The number of pyridine rings is 1. The lowest BCUT2D eigenvalue weighted by Gasteiger charge is -2.31. The third-order valence-corrected chi connectivity index (χ3v) is 5.09. The molecule has 0 radical (unpaired) electrons. The maximum Gasteiger partial charge on any atom is 0.124 e. The summed E-state index contributed by atoms with van der Waals surface area (Å²) in [4.78, 5) is 6.74. The minimum absolute atomic E-state index is 0.556. The Morgan fingerprint density at radius 1 is 1.15 bits per heavy atom. The van der Waals surface area contributed by atoms with Crippen LogP contribution in [0.3, 0.4) is 0 Å². The number of hydrogen-bond donors (Lipinski definition) is 1. The number of ether oxygens (including phenoxy) is 1. The van der Waals surface area contributed by atoms with Gasteiger partial charge in [-0.05, 0) is 63.5 Å². The molecule has 0 unspecified atom stereocenters. The Morgan fingerprint density at radius 3 is 2.77 bits per heavy atom. The summed E-state index contributed by atoms with van der Waals surface area (Å²) in [5.41, 5.74) is 2.31. The molecule has 0 amide bonds. The smallest absolute Gasteiger partial charge is 0.124 e. The van der Waals surface area contributed by atoms with Crippen LogP contribution in [-0.2, 0) is 13.2 Å². The maximum absolute atomic E-state index is 6.02. The summed E-state index contributed by atoms with van der Waals surface area (Å²) in [5, 5.41) is 3.65. The van der Waals surface area contributed by atoms with Crippen LogP contribution in [0.5, 0.6) is 5.75 Å². The average molecular weight is 354 g/mol. The number of nitrogens with zero attached hydrogens (tertiary/aromatic N) is 2. The van der Waals surface area contributed by atoms with Crippen LogP contribution in [0, 0.1) is 5.92 Å². The largest absolute Gasteiger partial charge is 0.489 e. The number of rotatable bonds is 9. The first kappa shape index (κ1) is 18.9. The van der Waals surface area contributed by atoms with Crippen LogP contribution in [-0.4, -0.2) is 36.1 Å². The van der Waals surface area contributed by atoms with E-state index in [1.54, 1.807) is 6.20 Å². The fourth-order valence-electron chi connectivity index (χ4n) is 3.58. The highest BCUT2D eigenvalue weighted by molar-refractivity contribution is 5.33. The SMILES string of the molecule is CCCN1CCC(CNCc2ccccc2OCc2cccnc2)CC1. The third kappa shape index (κ3) is 5.82. The van der Waals surface area contributed by atoms with Gasteiger partial charge in [0.15, 0.2) is 0 Å². The van der Waals surface area contributed by atoms with Crippen molar-refractivity contribution >= 4 is 0 Å². The summed E-state index contributed by atoms with van der Waals surface area (Å²) in [5.74, 6) is 1.76. The van der Waals surface area contributed by atoms with Gasteiger partial charge in [-0.3, -0.25) is 4.98 Å². The van der Waals surface area contributed by atoms with E-state index >= 15 is 0 Å². The van der Waals surface area contributed by atoms with Crippen molar-refractivity contribution in [1.82, 2.24) is 15.2 Å². The highest BCUT2D eigenvalue weighted by Crippen LogP contribution is 2.20. The van der Waals surface area contributed by atoms with Crippen LogP contribution >= 0.6 is 0 Å². The van der Waals surface area contributed by atoms with Gasteiger partial charge in [0.05, 0.1) is 0 Å². The van der Waals surface area contributed by atoms with E-state index in [9.17, 15) is 0 Å². The molecular weight excluding hydrogens is 322 g/mol. The summed E-state index contributed by atoms with van der Waals surface area (Å²) in [6.07, 6.45) is 7.52. The van der Waals surface area contributed by atoms with Crippen molar-refractivity contribution in [3.63, 3.8) is 0 Å². The first-order chi connectivity index (χ1) is 12.8. The topological polar surface area (TPSA) is 37.4 Å². The number of benzene rings is 1. The molecule has 0 atom stereocenters. The molecule has 2 heterocycles. The fraction of sp³-hybridized carbons (Fsp3) is 0.500. The standard InChI is InChI=1S/C22H31N3O/c1-2-12-25-13-9-19(10-14-25)15-24-17-21-7-3-4-8-22(21)26-18-20-6-5-11-23-16-20/h3-8,11,16,19,24H,2,9-10,12-15,17-18H2,1H3. The molecule has 1 aromatic carbocycles. The molecule has 140 valence electrons. The van der Waals surface area contributed by atoms with Crippen molar-refractivity contribution in [3.05, 3.63) is 59.9 Å². The summed E-state index contributed by atoms with van der Waals surface area (Å²) < 4.78 is 6.02. The first-order valence-corrected chi connectivity index (χ1v) is 9.88. The molecule has 0 aliphatic carbocycles. The predicted molar refractivity (Wildman–Crippen MR) is 106 cm³/mol. The molecule has 2 aromatic rings. The Hall–Kier alpha value is -1.91. The van der Waals surface area contributed by atoms with E-state index < -0.39 is 0 Å². The molecule has 0 saturated carbocycles. The fourth-order valence-corrected chi connectivity index (χ4v) is 3.58. The molecule has 1 N–H and O–H groups in total. The number of hydrogen-bond acceptors (Lipinski definition) is 4. The summed E-state index contributed by atoms with van der Waals surface area (Å²) in [7, 11) is 0. The summed E-state index contributed by atoms with van der Waals surface area (Å²) in [6, 6.07) is 12.3. The minimum atomic E-state index is 0.556. The van der Waals surface area contributed by atoms with Gasteiger partial charge in [0.2, 0.25) is 0 Å². The van der Waals surface area contributed by atoms with Gasteiger partial charge in [0, 0.05) is 30.1 Å². The van der Waals surface area contributed by atoms with Crippen molar-refractivity contribution in [2.45, 2.75) is 39.3 Å². The van der Waals surface area contributed by atoms with E-state index in [4.69, 9.17) is 4.74 Å². The lowest BCUT2D eigenvalue weighted by molar-refractivity contribution is 0.182. The molecule has 26 heavy (non-hydrogen) atoms. The number of para-hydroxylation sites is 1. The maximum atomic E-state index is 6.02. The van der Waals surface area contributed by atoms with Gasteiger partial charge in [0.1, 0.15) is 12.4 Å². The van der Waals surface area contributed by atoms with Crippen molar-refractivity contribution in [2.75, 3.05) is 26.2 Å². The van der Waals surface area contributed by atoms with E-state index in [0.717, 1.165) is 30.3 Å². The van der Waals surface area contributed by atoms with E-state index in [1.807, 2.05) is 24.4 Å². The molecule has 4 nitrogen and oxygen atoms in total. The number of aromatic nitrogens is 1. The lowest BCUT2D eigenvalue weighted by atomic mass is 9.96. The van der Waals surface area contributed by atoms with Crippen molar-refractivity contribution in [2.24, 2.45) is 5.92 Å². The Balaban J connectivity index is 1.44. The Labute approximate surface area is 157 Å².